The van der Waals surface area contributed by atoms with Crippen LogP contribution in [-0.2, 0) is 0 Å². The highest BCUT2D eigenvalue weighted by atomic mass is 14.7. The van der Waals surface area contributed by atoms with E-state index in [0.717, 1.165) is 5.56 Å². The van der Waals surface area contributed by atoms with Crippen LogP contribution in [0.4, 0.5) is 0 Å². The molecular formula is C10H16N2. The van der Waals surface area contributed by atoms with Gasteiger partial charge in [0.2, 0.25) is 0 Å². The Morgan fingerprint density at radius 1 is 1.25 bits per heavy atom. The molecule has 0 radical (unpaired) electrons. The van der Waals surface area contributed by atoms with E-state index < -0.39 is 0 Å². The molecule has 0 aliphatic rings. The van der Waals surface area contributed by atoms with E-state index in [2.05, 4.69) is 6.92 Å². The van der Waals surface area contributed by atoms with Gasteiger partial charge in [-0.15, -0.1) is 0 Å². The lowest BCUT2D eigenvalue weighted by atomic mass is 9.96. The molecule has 66 valence electrons. The van der Waals surface area contributed by atoms with E-state index in [1.807, 2.05) is 30.3 Å². The first kappa shape index (κ1) is 9.23. The number of hydrogen-bond acceptors (Lipinski definition) is 2. The smallest absolute Gasteiger partial charge is 0.0332 e. The SMILES string of the molecule is CC(CN)C(N)c1ccccc1. The highest BCUT2D eigenvalue weighted by Crippen LogP contribution is 2.17. The lowest BCUT2D eigenvalue weighted by Crippen LogP contribution is -2.25. The Morgan fingerprint density at radius 2 is 1.83 bits per heavy atom. The molecular weight excluding hydrogens is 148 g/mol. The fourth-order valence-corrected chi connectivity index (χ4v) is 1.15. The summed E-state index contributed by atoms with van der Waals surface area (Å²) in [5.41, 5.74) is 12.7. The second-order valence-electron chi connectivity index (χ2n) is 3.15. The maximum absolute atomic E-state index is 5.97. The predicted molar refractivity (Wildman–Crippen MR) is 51.6 cm³/mol. The van der Waals surface area contributed by atoms with Gasteiger partial charge in [-0.05, 0) is 18.0 Å². The average molecular weight is 164 g/mol. The summed E-state index contributed by atoms with van der Waals surface area (Å²) in [5, 5.41) is 0. The van der Waals surface area contributed by atoms with Crippen LogP contribution in [0, 0.1) is 5.92 Å². The Labute approximate surface area is 73.6 Å². The first-order valence-electron chi connectivity index (χ1n) is 4.26. The van der Waals surface area contributed by atoms with Gasteiger partial charge in [0.05, 0.1) is 0 Å². The number of nitrogens with two attached hydrogens (primary N) is 2. The summed E-state index contributed by atoms with van der Waals surface area (Å²) in [6.07, 6.45) is 0. The van der Waals surface area contributed by atoms with Crippen molar-refractivity contribution in [2.45, 2.75) is 13.0 Å². The maximum atomic E-state index is 5.97. The minimum atomic E-state index is 0.0659. The molecule has 0 saturated carbocycles. The van der Waals surface area contributed by atoms with Gasteiger partial charge in [0.15, 0.2) is 0 Å². The molecule has 0 aliphatic carbocycles. The lowest BCUT2D eigenvalue weighted by molar-refractivity contribution is 0.481. The fourth-order valence-electron chi connectivity index (χ4n) is 1.15. The molecule has 0 bridgehead atoms. The minimum Gasteiger partial charge on any atom is -0.330 e. The second kappa shape index (κ2) is 4.24. The van der Waals surface area contributed by atoms with Gasteiger partial charge in [0, 0.05) is 6.04 Å². The van der Waals surface area contributed by atoms with E-state index in [1.54, 1.807) is 0 Å². The zero-order chi connectivity index (χ0) is 8.97. The van der Waals surface area contributed by atoms with E-state index in [-0.39, 0.29) is 6.04 Å². The van der Waals surface area contributed by atoms with E-state index in [4.69, 9.17) is 11.5 Å². The Hall–Kier alpha value is -0.860. The zero-order valence-electron chi connectivity index (χ0n) is 7.40. The Morgan fingerprint density at radius 3 is 2.33 bits per heavy atom. The van der Waals surface area contributed by atoms with Crippen molar-refractivity contribution in [2.24, 2.45) is 17.4 Å². The van der Waals surface area contributed by atoms with Crippen LogP contribution in [0.1, 0.15) is 18.5 Å². The minimum absolute atomic E-state index is 0.0659. The van der Waals surface area contributed by atoms with Gasteiger partial charge in [-0.2, -0.15) is 0 Å². The summed E-state index contributed by atoms with van der Waals surface area (Å²) in [6, 6.07) is 10.1. The first-order chi connectivity index (χ1) is 5.75. The van der Waals surface area contributed by atoms with Gasteiger partial charge in [-0.1, -0.05) is 37.3 Å². The summed E-state index contributed by atoms with van der Waals surface area (Å²) in [5.74, 6) is 0.340. The maximum Gasteiger partial charge on any atom is 0.0332 e. The van der Waals surface area contributed by atoms with Crippen LogP contribution in [0.5, 0.6) is 0 Å². The summed E-state index contributed by atoms with van der Waals surface area (Å²) >= 11 is 0. The molecule has 0 amide bonds. The highest BCUT2D eigenvalue weighted by molar-refractivity contribution is 5.18. The van der Waals surface area contributed by atoms with Crippen molar-refractivity contribution >= 4 is 0 Å². The topological polar surface area (TPSA) is 52.0 Å². The number of benzene rings is 1. The Bertz CT molecular complexity index is 221. The van der Waals surface area contributed by atoms with Crippen LogP contribution >= 0.6 is 0 Å². The third kappa shape index (κ3) is 2.06. The molecule has 0 saturated heterocycles. The number of hydrogen-bond donors (Lipinski definition) is 2. The van der Waals surface area contributed by atoms with Crippen LogP contribution in [-0.4, -0.2) is 6.54 Å². The molecule has 0 aromatic heterocycles. The van der Waals surface area contributed by atoms with E-state index in [0.29, 0.717) is 12.5 Å². The Balaban J connectivity index is 2.71. The zero-order valence-corrected chi connectivity index (χ0v) is 7.40. The third-order valence-corrected chi connectivity index (χ3v) is 2.17. The standard InChI is InChI=1S/C10H16N2/c1-8(7-11)10(12)9-5-3-2-4-6-9/h2-6,8,10H,7,11-12H2,1H3. The van der Waals surface area contributed by atoms with Crippen LogP contribution in [0.3, 0.4) is 0 Å². The number of rotatable bonds is 3. The molecule has 0 aliphatic heterocycles. The molecule has 1 aromatic carbocycles. The van der Waals surface area contributed by atoms with Crippen molar-refractivity contribution in [2.75, 3.05) is 6.54 Å². The molecule has 2 unspecified atom stereocenters. The van der Waals surface area contributed by atoms with E-state index in [9.17, 15) is 0 Å². The molecule has 2 atom stereocenters. The largest absolute Gasteiger partial charge is 0.330 e. The second-order valence-corrected chi connectivity index (χ2v) is 3.15. The van der Waals surface area contributed by atoms with E-state index in [1.165, 1.54) is 0 Å². The summed E-state index contributed by atoms with van der Waals surface area (Å²) in [6.45, 7) is 2.70. The van der Waals surface area contributed by atoms with E-state index >= 15 is 0 Å². The van der Waals surface area contributed by atoms with Gasteiger partial charge < -0.3 is 11.5 Å². The predicted octanol–water partition coefficient (Wildman–Crippen LogP) is 1.28. The van der Waals surface area contributed by atoms with Crippen LogP contribution in [0.2, 0.25) is 0 Å². The van der Waals surface area contributed by atoms with Gasteiger partial charge in [0.25, 0.3) is 0 Å². The molecule has 1 aromatic rings. The molecule has 4 N–H and O–H groups in total. The van der Waals surface area contributed by atoms with Crippen LogP contribution in [0.25, 0.3) is 0 Å². The highest BCUT2D eigenvalue weighted by Gasteiger charge is 2.11. The van der Waals surface area contributed by atoms with Gasteiger partial charge >= 0.3 is 0 Å². The van der Waals surface area contributed by atoms with Crippen LogP contribution in [0.15, 0.2) is 30.3 Å². The van der Waals surface area contributed by atoms with Gasteiger partial charge in [-0.25, -0.2) is 0 Å². The molecule has 0 fully saturated rings. The molecule has 2 nitrogen and oxygen atoms in total. The molecule has 0 heterocycles. The molecule has 2 heteroatoms. The van der Waals surface area contributed by atoms with Crippen molar-refractivity contribution in [3.63, 3.8) is 0 Å². The van der Waals surface area contributed by atoms with Crippen molar-refractivity contribution in [1.29, 1.82) is 0 Å². The van der Waals surface area contributed by atoms with Crippen molar-refractivity contribution in [3.8, 4) is 0 Å². The monoisotopic (exact) mass is 164 g/mol. The van der Waals surface area contributed by atoms with Crippen molar-refractivity contribution in [1.82, 2.24) is 0 Å². The normalized spacial score (nSPS) is 15.6. The van der Waals surface area contributed by atoms with Crippen LogP contribution < -0.4 is 11.5 Å². The van der Waals surface area contributed by atoms with Crippen molar-refractivity contribution in [3.05, 3.63) is 35.9 Å². The summed E-state index contributed by atoms with van der Waals surface area (Å²) in [7, 11) is 0. The summed E-state index contributed by atoms with van der Waals surface area (Å²) in [4.78, 5) is 0. The third-order valence-electron chi connectivity index (χ3n) is 2.17. The molecule has 0 spiro atoms. The Kier molecular flexibility index (Phi) is 3.26. The van der Waals surface area contributed by atoms with Gasteiger partial charge in [-0.3, -0.25) is 0 Å². The average Bonchev–Trinajstić information content (AvgIpc) is 2.17. The molecule has 1 rings (SSSR count). The molecule has 12 heavy (non-hydrogen) atoms. The van der Waals surface area contributed by atoms with Crippen molar-refractivity contribution < 1.29 is 0 Å². The summed E-state index contributed by atoms with van der Waals surface area (Å²) < 4.78 is 0. The van der Waals surface area contributed by atoms with Gasteiger partial charge in [0.1, 0.15) is 0 Å². The fraction of sp³-hybridized carbons (Fsp3) is 0.400. The quantitative estimate of drug-likeness (QED) is 0.707. The first-order valence-corrected chi connectivity index (χ1v) is 4.26. The lowest BCUT2D eigenvalue weighted by Gasteiger charge is -2.18.